The third-order valence-electron chi connectivity index (χ3n) is 3.40. The van der Waals surface area contributed by atoms with Gasteiger partial charge in [-0.1, -0.05) is 5.16 Å². The Morgan fingerprint density at radius 2 is 2.16 bits per heavy atom. The molecule has 0 saturated carbocycles. The van der Waals surface area contributed by atoms with E-state index in [-0.39, 0.29) is 24.7 Å². The van der Waals surface area contributed by atoms with Crippen molar-refractivity contribution < 1.29 is 19.2 Å². The largest absolute Gasteiger partial charge is 0.481 e. The molecular formula is C12H17ClN2O4. The third kappa shape index (κ3) is 3.26. The van der Waals surface area contributed by atoms with Gasteiger partial charge in [-0.3, -0.25) is 9.59 Å². The topological polar surface area (TPSA) is 83.6 Å². The molecule has 0 bridgehead atoms. The van der Waals surface area contributed by atoms with Gasteiger partial charge in [0.25, 0.3) is 0 Å². The molecule has 2 heterocycles. The number of hydrogen-bond donors (Lipinski definition) is 1. The number of aryl methyl sites for hydroxylation is 2. The van der Waals surface area contributed by atoms with Crippen molar-refractivity contribution in [3.8, 4) is 0 Å². The van der Waals surface area contributed by atoms with E-state index in [1.54, 1.807) is 18.7 Å². The Morgan fingerprint density at radius 3 is 2.63 bits per heavy atom. The van der Waals surface area contributed by atoms with Crippen LogP contribution in [0.15, 0.2) is 4.52 Å². The van der Waals surface area contributed by atoms with Gasteiger partial charge in [0.1, 0.15) is 5.76 Å². The Kier molecular flexibility index (Phi) is 4.94. The SMILES string of the molecule is Cc1noc(C)c1CC(=O)N1CCC(C(=O)O)C1.Cl. The van der Waals surface area contributed by atoms with Crippen molar-refractivity contribution in [3.63, 3.8) is 0 Å². The maximum Gasteiger partial charge on any atom is 0.308 e. The molecule has 7 heteroatoms. The average molecular weight is 289 g/mol. The van der Waals surface area contributed by atoms with Crippen LogP contribution in [0.1, 0.15) is 23.4 Å². The summed E-state index contributed by atoms with van der Waals surface area (Å²) < 4.78 is 5.00. The lowest BCUT2D eigenvalue weighted by molar-refractivity contribution is -0.141. The van der Waals surface area contributed by atoms with E-state index in [2.05, 4.69) is 5.16 Å². The summed E-state index contributed by atoms with van der Waals surface area (Å²) in [4.78, 5) is 24.5. The minimum atomic E-state index is -0.831. The van der Waals surface area contributed by atoms with Gasteiger partial charge in [0, 0.05) is 18.7 Å². The van der Waals surface area contributed by atoms with Crippen LogP contribution in [0.25, 0.3) is 0 Å². The van der Waals surface area contributed by atoms with Gasteiger partial charge in [-0.15, -0.1) is 12.4 Å². The van der Waals surface area contributed by atoms with E-state index in [9.17, 15) is 9.59 Å². The zero-order valence-corrected chi connectivity index (χ0v) is 11.7. The first kappa shape index (κ1) is 15.5. The first-order chi connectivity index (χ1) is 8.49. The molecule has 2 rings (SSSR count). The van der Waals surface area contributed by atoms with E-state index in [1.165, 1.54) is 0 Å². The summed E-state index contributed by atoms with van der Waals surface area (Å²) in [6.45, 7) is 4.38. The number of hydrogen-bond acceptors (Lipinski definition) is 4. The number of aromatic nitrogens is 1. The Hall–Kier alpha value is -1.56. The number of likely N-dealkylation sites (tertiary alicyclic amines) is 1. The summed E-state index contributed by atoms with van der Waals surface area (Å²) in [5, 5.41) is 12.7. The third-order valence-corrected chi connectivity index (χ3v) is 3.40. The standard InChI is InChI=1S/C12H16N2O4.ClH/c1-7-10(8(2)18-13-7)5-11(15)14-4-3-9(6-14)12(16)17;/h9H,3-6H2,1-2H3,(H,16,17);1H. The van der Waals surface area contributed by atoms with E-state index in [4.69, 9.17) is 9.63 Å². The fourth-order valence-corrected chi connectivity index (χ4v) is 2.21. The Balaban J connectivity index is 0.00000180. The number of rotatable bonds is 3. The molecule has 6 nitrogen and oxygen atoms in total. The number of carbonyl (C=O) groups excluding carboxylic acids is 1. The minimum absolute atomic E-state index is 0. The molecule has 1 aliphatic heterocycles. The first-order valence-electron chi connectivity index (χ1n) is 5.91. The van der Waals surface area contributed by atoms with Gasteiger partial charge in [-0.25, -0.2) is 0 Å². The van der Waals surface area contributed by atoms with E-state index in [0.717, 1.165) is 11.3 Å². The molecule has 1 unspecified atom stereocenters. The summed E-state index contributed by atoms with van der Waals surface area (Å²) in [5.74, 6) is -0.677. The van der Waals surface area contributed by atoms with Crippen LogP contribution >= 0.6 is 12.4 Å². The van der Waals surface area contributed by atoms with Crippen LogP contribution in [-0.2, 0) is 16.0 Å². The number of amides is 1. The Bertz CT molecular complexity index is 467. The molecule has 0 aliphatic carbocycles. The van der Waals surface area contributed by atoms with Gasteiger partial charge in [0.15, 0.2) is 0 Å². The summed E-state index contributed by atoms with van der Waals surface area (Å²) in [6, 6.07) is 0. The summed E-state index contributed by atoms with van der Waals surface area (Å²) in [6.07, 6.45) is 0.760. The van der Waals surface area contributed by atoms with Crippen LogP contribution < -0.4 is 0 Å². The molecule has 1 aromatic rings. The summed E-state index contributed by atoms with van der Waals surface area (Å²) in [7, 11) is 0. The van der Waals surface area contributed by atoms with E-state index in [0.29, 0.717) is 25.3 Å². The number of nitrogens with zero attached hydrogens (tertiary/aromatic N) is 2. The highest BCUT2D eigenvalue weighted by atomic mass is 35.5. The first-order valence-corrected chi connectivity index (χ1v) is 5.91. The summed E-state index contributed by atoms with van der Waals surface area (Å²) in [5.41, 5.74) is 1.52. The molecular weight excluding hydrogens is 272 g/mol. The van der Waals surface area contributed by atoms with Crippen molar-refractivity contribution in [2.24, 2.45) is 5.92 Å². The van der Waals surface area contributed by atoms with Crippen LogP contribution in [-0.4, -0.2) is 40.1 Å². The van der Waals surface area contributed by atoms with Crippen LogP contribution in [0, 0.1) is 19.8 Å². The molecule has 1 amide bonds. The van der Waals surface area contributed by atoms with Gasteiger partial charge in [0.2, 0.25) is 5.91 Å². The minimum Gasteiger partial charge on any atom is -0.481 e. The zero-order chi connectivity index (χ0) is 13.3. The van der Waals surface area contributed by atoms with Crippen molar-refractivity contribution in [2.45, 2.75) is 26.7 Å². The molecule has 1 N–H and O–H groups in total. The van der Waals surface area contributed by atoms with Crippen molar-refractivity contribution in [1.82, 2.24) is 10.1 Å². The molecule has 0 spiro atoms. The average Bonchev–Trinajstić information content (AvgIpc) is 2.91. The van der Waals surface area contributed by atoms with Gasteiger partial charge < -0.3 is 14.5 Å². The van der Waals surface area contributed by atoms with Gasteiger partial charge in [0.05, 0.1) is 18.0 Å². The Labute approximate surface area is 117 Å². The second-order valence-corrected chi connectivity index (χ2v) is 4.64. The number of carboxylic acid groups (broad SMARTS) is 1. The predicted molar refractivity (Wildman–Crippen MR) is 69.3 cm³/mol. The summed E-state index contributed by atoms with van der Waals surface area (Å²) >= 11 is 0. The quantitative estimate of drug-likeness (QED) is 0.903. The second-order valence-electron chi connectivity index (χ2n) is 4.64. The smallest absolute Gasteiger partial charge is 0.308 e. The molecule has 106 valence electrons. The number of halogens is 1. The van der Waals surface area contributed by atoms with Crippen molar-refractivity contribution in [2.75, 3.05) is 13.1 Å². The molecule has 1 atom stereocenters. The number of carboxylic acids is 1. The Morgan fingerprint density at radius 1 is 1.47 bits per heavy atom. The van der Waals surface area contributed by atoms with Crippen LogP contribution in [0.4, 0.5) is 0 Å². The number of carbonyl (C=O) groups is 2. The zero-order valence-electron chi connectivity index (χ0n) is 10.9. The highest BCUT2D eigenvalue weighted by Crippen LogP contribution is 2.19. The fraction of sp³-hybridized carbons (Fsp3) is 0.583. The molecule has 0 radical (unpaired) electrons. The van der Waals surface area contributed by atoms with Crippen molar-refractivity contribution in [3.05, 3.63) is 17.0 Å². The van der Waals surface area contributed by atoms with Gasteiger partial charge >= 0.3 is 5.97 Å². The molecule has 1 fully saturated rings. The predicted octanol–water partition coefficient (Wildman–Crippen LogP) is 1.19. The molecule has 1 aromatic heterocycles. The van der Waals surface area contributed by atoms with Crippen molar-refractivity contribution in [1.29, 1.82) is 0 Å². The van der Waals surface area contributed by atoms with Crippen LogP contribution in [0.3, 0.4) is 0 Å². The highest BCUT2D eigenvalue weighted by Gasteiger charge is 2.31. The van der Waals surface area contributed by atoms with Gasteiger partial charge in [-0.2, -0.15) is 0 Å². The van der Waals surface area contributed by atoms with Crippen molar-refractivity contribution >= 4 is 24.3 Å². The maximum atomic E-state index is 12.0. The van der Waals surface area contributed by atoms with Crippen LogP contribution in [0.5, 0.6) is 0 Å². The highest BCUT2D eigenvalue weighted by molar-refractivity contribution is 5.85. The molecule has 19 heavy (non-hydrogen) atoms. The van der Waals surface area contributed by atoms with E-state index in [1.807, 2.05) is 0 Å². The lowest BCUT2D eigenvalue weighted by Gasteiger charge is -2.15. The second kappa shape index (κ2) is 6.06. The normalized spacial score (nSPS) is 18.2. The number of aliphatic carboxylic acids is 1. The van der Waals surface area contributed by atoms with E-state index < -0.39 is 11.9 Å². The fourth-order valence-electron chi connectivity index (χ4n) is 2.21. The molecule has 1 saturated heterocycles. The molecule has 0 aromatic carbocycles. The molecule has 1 aliphatic rings. The van der Waals surface area contributed by atoms with Gasteiger partial charge in [-0.05, 0) is 20.3 Å². The maximum absolute atomic E-state index is 12.0. The van der Waals surface area contributed by atoms with Crippen LogP contribution in [0.2, 0.25) is 0 Å². The monoisotopic (exact) mass is 288 g/mol. The van der Waals surface area contributed by atoms with E-state index >= 15 is 0 Å². The lowest BCUT2D eigenvalue weighted by atomic mass is 10.1. The lowest BCUT2D eigenvalue weighted by Crippen LogP contribution is -2.31.